The Morgan fingerprint density at radius 2 is 2.08 bits per heavy atom. The molecular weight excluding hydrogens is 389 g/mol. The van der Waals surface area contributed by atoms with Gasteiger partial charge in [-0.2, -0.15) is 5.10 Å². The highest BCUT2D eigenvalue weighted by Crippen LogP contribution is 2.31. The first-order valence-electron chi connectivity index (χ1n) is 7.79. The van der Waals surface area contributed by atoms with Crippen molar-refractivity contribution < 1.29 is 9.13 Å². The molecule has 7 heteroatoms. The lowest BCUT2D eigenvalue weighted by atomic mass is 10.2. The van der Waals surface area contributed by atoms with Gasteiger partial charge in [0.15, 0.2) is 0 Å². The predicted octanol–water partition coefficient (Wildman–Crippen LogP) is 4.77. The summed E-state index contributed by atoms with van der Waals surface area (Å²) in [6.07, 6.45) is 0. The number of rotatable bonds is 9. The number of anilines is 2. The summed E-state index contributed by atoms with van der Waals surface area (Å²) in [4.78, 5) is 0. The summed E-state index contributed by atoms with van der Waals surface area (Å²) in [6, 6.07) is 12.6. The van der Waals surface area contributed by atoms with Gasteiger partial charge in [0.1, 0.15) is 5.82 Å². The van der Waals surface area contributed by atoms with Gasteiger partial charge in [0.2, 0.25) is 0 Å². The fraction of sp³-hybridized carbons (Fsp3) is 0.278. The maximum Gasteiger partial charge on any atom is 0.149 e. The van der Waals surface area contributed by atoms with Crippen molar-refractivity contribution >= 4 is 34.0 Å². The molecule has 0 spiro atoms. The lowest BCUT2D eigenvalue weighted by Gasteiger charge is -2.25. The summed E-state index contributed by atoms with van der Waals surface area (Å²) in [5.74, 6) is -0.440. The number of hydrogen-bond donors (Lipinski definition) is 1. The van der Waals surface area contributed by atoms with Crippen LogP contribution in [0.2, 0.25) is 0 Å². The Kier molecular flexibility index (Phi) is 7.36. The van der Waals surface area contributed by atoms with Crippen molar-refractivity contribution in [3.8, 4) is 0 Å². The molecule has 0 bridgehead atoms. The normalized spacial score (nSPS) is 11.8. The van der Waals surface area contributed by atoms with E-state index in [1.165, 1.54) is 12.1 Å². The third kappa shape index (κ3) is 5.81. The van der Waals surface area contributed by atoms with Crippen LogP contribution in [-0.2, 0) is 11.3 Å². The fourth-order valence-corrected chi connectivity index (χ4v) is 2.66. The highest BCUT2D eigenvalue weighted by molar-refractivity contribution is 9.10. The molecule has 0 aliphatic heterocycles. The highest BCUT2D eigenvalue weighted by Gasteiger charge is 2.10. The van der Waals surface area contributed by atoms with E-state index >= 15 is 0 Å². The van der Waals surface area contributed by atoms with Gasteiger partial charge < -0.3 is 20.4 Å². The molecule has 0 radical (unpaired) electrons. The SMILES string of the molecule is C=NN([O-])c1cc(Br)c(NC[C@@H](C)COCc2ccccc2)cc1F. The second-order valence-electron chi connectivity index (χ2n) is 5.68. The zero-order chi connectivity index (χ0) is 18.2. The Balaban J connectivity index is 1.84. The Labute approximate surface area is 155 Å². The van der Waals surface area contributed by atoms with Gasteiger partial charge in [-0.25, -0.2) is 4.39 Å². The smallest absolute Gasteiger partial charge is 0.149 e. The van der Waals surface area contributed by atoms with Gasteiger partial charge in [0.25, 0.3) is 0 Å². The lowest BCUT2D eigenvalue weighted by molar-refractivity contribution is 0.0955. The van der Waals surface area contributed by atoms with E-state index in [4.69, 9.17) is 4.74 Å². The molecule has 1 atom stereocenters. The van der Waals surface area contributed by atoms with E-state index in [-0.39, 0.29) is 16.8 Å². The van der Waals surface area contributed by atoms with E-state index in [0.29, 0.717) is 29.9 Å². The Bertz CT molecular complexity index is 700. The molecule has 0 saturated carbocycles. The van der Waals surface area contributed by atoms with Crippen LogP contribution in [0, 0.1) is 16.9 Å². The molecule has 25 heavy (non-hydrogen) atoms. The summed E-state index contributed by atoms with van der Waals surface area (Å²) < 4.78 is 20.2. The zero-order valence-corrected chi connectivity index (χ0v) is 15.5. The molecule has 0 saturated heterocycles. The third-order valence-electron chi connectivity index (χ3n) is 3.53. The molecule has 0 aliphatic carbocycles. The van der Waals surface area contributed by atoms with Crippen LogP contribution in [-0.4, -0.2) is 19.9 Å². The first-order valence-corrected chi connectivity index (χ1v) is 8.59. The Hall–Kier alpha value is -1.96. The van der Waals surface area contributed by atoms with Crippen LogP contribution in [0.3, 0.4) is 0 Å². The number of benzene rings is 2. The van der Waals surface area contributed by atoms with Crippen LogP contribution >= 0.6 is 15.9 Å². The zero-order valence-electron chi connectivity index (χ0n) is 13.9. The van der Waals surface area contributed by atoms with Crippen LogP contribution in [0.5, 0.6) is 0 Å². The van der Waals surface area contributed by atoms with E-state index in [9.17, 15) is 9.60 Å². The van der Waals surface area contributed by atoms with Gasteiger partial charge in [0, 0.05) is 23.8 Å². The molecule has 1 N–H and O–H groups in total. The molecule has 0 aromatic heterocycles. The number of ether oxygens (including phenoxy) is 1. The molecule has 2 aromatic rings. The molecule has 0 unspecified atom stereocenters. The van der Waals surface area contributed by atoms with Crippen LogP contribution < -0.4 is 10.5 Å². The predicted molar refractivity (Wildman–Crippen MR) is 103 cm³/mol. The standard InChI is InChI=1S/C18H20BrFN3O2/c1-13(11-25-12-14-6-4-3-5-7-14)10-22-17-9-16(20)18(8-15(17)19)23(24)21-2/h3-9,13,22H,2,10-12H2,1H3/q-1/t13-/m1/s1. The maximum atomic E-state index is 14.0. The van der Waals surface area contributed by atoms with Gasteiger partial charge in [-0.05, 0) is 33.5 Å². The van der Waals surface area contributed by atoms with Gasteiger partial charge in [-0.1, -0.05) is 37.3 Å². The summed E-state index contributed by atoms with van der Waals surface area (Å²) >= 11 is 3.32. The first kappa shape index (κ1) is 19.4. The third-order valence-corrected chi connectivity index (χ3v) is 4.18. The molecular formula is C18H20BrFN3O2-. The molecule has 2 rings (SSSR count). The van der Waals surface area contributed by atoms with Gasteiger partial charge in [0.05, 0.1) is 24.6 Å². The molecule has 5 nitrogen and oxygen atoms in total. The van der Waals surface area contributed by atoms with Crippen molar-refractivity contribution in [1.29, 1.82) is 0 Å². The van der Waals surface area contributed by atoms with Crippen LogP contribution in [0.1, 0.15) is 12.5 Å². The quantitative estimate of drug-likeness (QED) is 0.479. The van der Waals surface area contributed by atoms with Crippen molar-refractivity contribution in [3.05, 3.63) is 63.5 Å². The number of hydrogen-bond acceptors (Lipinski definition) is 5. The minimum atomic E-state index is -0.666. The van der Waals surface area contributed by atoms with Crippen LogP contribution in [0.15, 0.2) is 52.0 Å². The minimum absolute atomic E-state index is 0.143. The number of hydrazone groups is 1. The van der Waals surface area contributed by atoms with E-state index in [2.05, 4.69) is 33.1 Å². The molecule has 0 heterocycles. The number of nitrogens with one attached hydrogen (secondary N) is 1. The second-order valence-corrected chi connectivity index (χ2v) is 6.54. The number of halogens is 2. The molecule has 0 amide bonds. The summed E-state index contributed by atoms with van der Waals surface area (Å²) in [6.45, 7) is 6.88. The summed E-state index contributed by atoms with van der Waals surface area (Å²) in [5, 5.41) is 17.8. The van der Waals surface area contributed by atoms with E-state index in [1.54, 1.807) is 0 Å². The Morgan fingerprint density at radius 1 is 1.36 bits per heavy atom. The van der Waals surface area contributed by atoms with Gasteiger partial charge in [-0.3, -0.25) is 0 Å². The van der Waals surface area contributed by atoms with Crippen LogP contribution in [0.4, 0.5) is 15.8 Å². The van der Waals surface area contributed by atoms with E-state index in [0.717, 1.165) is 5.56 Å². The topological polar surface area (TPSA) is 59.9 Å². The van der Waals surface area contributed by atoms with Crippen molar-refractivity contribution in [2.45, 2.75) is 13.5 Å². The Morgan fingerprint density at radius 3 is 2.76 bits per heavy atom. The van der Waals surface area contributed by atoms with Crippen LogP contribution in [0.25, 0.3) is 0 Å². The van der Waals surface area contributed by atoms with Gasteiger partial charge in [-0.15, -0.1) is 0 Å². The van der Waals surface area contributed by atoms with Crippen molar-refractivity contribution in [2.75, 3.05) is 23.6 Å². The molecule has 134 valence electrons. The van der Waals surface area contributed by atoms with Crippen molar-refractivity contribution in [1.82, 2.24) is 0 Å². The molecule has 0 aliphatic rings. The number of nitrogens with zero attached hydrogens (tertiary/aromatic N) is 2. The monoisotopic (exact) mass is 408 g/mol. The fourth-order valence-electron chi connectivity index (χ4n) is 2.19. The molecule has 2 aromatic carbocycles. The van der Waals surface area contributed by atoms with Gasteiger partial charge >= 0.3 is 0 Å². The maximum absolute atomic E-state index is 14.0. The van der Waals surface area contributed by atoms with Crippen molar-refractivity contribution in [3.63, 3.8) is 0 Å². The first-order chi connectivity index (χ1) is 12.0. The lowest BCUT2D eigenvalue weighted by Crippen LogP contribution is -2.17. The van der Waals surface area contributed by atoms with E-state index < -0.39 is 5.82 Å². The average Bonchev–Trinajstić information content (AvgIpc) is 2.62. The average molecular weight is 409 g/mol. The van der Waals surface area contributed by atoms with E-state index in [1.807, 2.05) is 37.3 Å². The molecule has 0 fully saturated rings. The highest BCUT2D eigenvalue weighted by atomic mass is 79.9. The summed E-state index contributed by atoms with van der Waals surface area (Å²) in [7, 11) is 0. The summed E-state index contributed by atoms with van der Waals surface area (Å²) in [5.41, 5.74) is 1.50. The second kappa shape index (κ2) is 9.50. The van der Waals surface area contributed by atoms with Crippen molar-refractivity contribution in [2.24, 2.45) is 11.0 Å². The largest absolute Gasteiger partial charge is 0.737 e. The minimum Gasteiger partial charge on any atom is -0.737 e.